The van der Waals surface area contributed by atoms with Crippen LogP contribution in [0.15, 0.2) is 24.3 Å². The highest BCUT2D eigenvalue weighted by Gasteiger charge is 2.27. The van der Waals surface area contributed by atoms with Crippen molar-refractivity contribution < 1.29 is 9.53 Å². The Morgan fingerprint density at radius 3 is 2.89 bits per heavy atom. The standard InChI is InChI=1S/C15H22N2O2/c1-11-10-19-13-7-5-4-6-12(13)15(11)16-9-8-14(18)17(2)3/h4-7,11,15-16H,8-10H2,1-3H3. The van der Waals surface area contributed by atoms with Crippen LogP contribution in [0.1, 0.15) is 24.9 Å². The van der Waals surface area contributed by atoms with E-state index in [2.05, 4.69) is 18.3 Å². The fourth-order valence-corrected chi connectivity index (χ4v) is 2.36. The normalized spacial score (nSPS) is 21.4. The SMILES string of the molecule is CC1COc2ccccc2C1NCCC(=O)N(C)C. The largest absolute Gasteiger partial charge is 0.493 e. The molecule has 0 fully saturated rings. The number of hydrogen-bond acceptors (Lipinski definition) is 3. The average Bonchev–Trinajstić information content (AvgIpc) is 2.41. The Morgan fingerprint density at radius 1 is 1.42 bits per heavy atom. The summed E-state index contributed by atoms with van der Waals surface area (Å²) < 4.78 is 5.72. The number of para-hydroxylation sites is 1. The third-order valence-corrected chi connectivity index (χ3v) is 3.53. The average molecular weight is 262 g/mol. The van der Waals surface area contributed by atoms with E-state index in [4.69, 9.17) is 4.74 Å². The van der Waals surface area contributed by atoms with Crippen molar-refractivity contribution in [1.29, 1.82) is 0 Å². The molecule has 1 N–H and O–H groups in total. The number of rotatable bonds is 4. The molecule has 2 atom stereocenters. The molecule has 104 valence electrons. The zero-order valence-corrected chi connectivity index (χ0v) is 11.8. The van der Waals surface area contributed by atoms with Gasteiger partial charge in [0.1, 0.15) is 5.75 Å². The topological polar surface area (TPSA) is 41.6 Å². The summed E-state index contributed by atoms with van der Waals surface area (Å²) in [5, 5.41) is 3.49. The van der Waals surface area contributed by atoms with Crippen LogP contribution < -0.4 is 10.1 Å². The van der Waals surface area contributed by atoms with Crippen molar-refractivity contribution in [2.45, 2.75) is 19.4 Å². The summed E-state index contributed by atoms with van der Waals surface area (Å²) in [7, 11) is 3.57. The van der Waals surface area contributed by atoms with E-state index >= 15 is 0 Å². The predicted molar refractivity (Wildman–Crippen MR) is 75.2 cm³/mol. The smallest absolute Gasteiger partial charge is 0.223 e. The van der Waals surface area contributed by atoms with Crippen molar-refractivity contribution in [2.75, 3.05) is 27.2 Å². The molecule has 1 heterocycles. The summed E-state index contributed by atoms with van der Waals surface area (Å²) in [5.41, 5.74) is 1.19. The van der Waals surface area contributed by atoms with Gasteiger partial charge in [0, 0.05) is 44.6 Å². The minimum absolute atomic E-state index is 0.153. The third kappa shape index (κ3) is 3.26. The van der Waals surface area contributed by atoms with Crippen molar-refractivity contribution in [3.05, 3.63) is 29.8 Å². The van der Waals surface area contributed by atoms with Crippen molar-refractivity contribution in [3.8, 4) is 5.75 Å². The van der Waals surface area contributed by atoms with Crippen molar-refractivity contribution in [3.63, 3.8) is 0 Å². The first kappa shape index (κ1) is 13.9. The Labute approximate surface area is 114 Å². The molecule has 1 aromatic carbocycles. The predicted octanol–water partition coefficient (Wildman–Crippen LogP) is 1.82. The molecule has 2 unspecified atom stereocenters. The van der Waals surface area contributed by atoms with Crippen molar-refractivity contribution in [1.82, 2.24) is 10.2 Å². The van der Waals surface area contributed by atoms with Gasteiger partial charge in [0.25, 0.3) is 0 Å². The molecule has 2 rings (SSSR count). The van der Waals surface area contributed by atoms with E-state index in [9.17, 15) is 4.79 Å². The number of nitrogens with one attached hydrogen (secondary N) is 1. The van der Waals surface area contributed by atoms with Crippen LogP contribution in [0, 0.1) is 5.92 Å². The second kappa shape index (κ2) is 6.06. The number of hydrogen-bond donors (Lipinski definition) is 1. The van der Waals surface area contributed by atoms with E-state index in [-0.39, 0.29) is 11.9 Å². The molecule has 4 nitrogen and oxygen atoms in total. The monoisotopic (exact) mass is 262 g/mol. The van der Waals surface area contributed by atoms with Gasteiger partial charge in [-0.3, -0.25) is 4.79 Å². The second-order valence-electron chi connectivity index (χ2n) is 5.30. The van der Waals surface area contributed by atoms with Gasteiger partial charge in [-0.1, -0.05) is 25.1 Å². The maximum Gasteiger partial charge on any atom is 0.223 e. The van der Waals surface area contributed by atoms with Crippen LogP contribution in [0.25, 0.3) is 0 Å². The number of amides is 1. The first-order valence-corrected chi connectivity index (χ1v) is 6.75. The maximum atomic E-state index is 11.6. The Kier molecular flexibility index (Phi) is 4.43. The molecular formula is C15H22N2O2. The number of nitrogens with zero attached hydrogens (tertiary/aromatic N) is 1. The van der Waals surface area contributed by atoms with Gasteiger partial charge in [0.05, 0.1) is 6.61 Å². The molecule has 0 saturated heterocycles. The van der Waals surface area contributed by atoms with Crippen LogP contribution in [0.5, 0.6) is 5.75 Å². The van der Waals surface area contributed by atoms with E-state index in [0.29, 0.717) is 18.9 Å². The molecular weight excluding hydrogens is 240 g/mol. The summed E-state index contributed by atoms with van der Waals surface area (Å²) in [4.78, 5) is 13.2. The van der Waals surface area contributed by atoms with Gasteiger partial charge in [-0.25, -0.2) is 0 Å². The third-order valence-electron chi connectivity index (χ3n) is 3.53. The molecule has 19 heavy (non-hydrogen) atoms. The van der Waals surface area contributed by atoms with E-state index in [1.54, 1.807) is 19.0 Å². The molecule has 0 aliphatic carbocycles. The van der Waals surface area contributed by atoms with Gasteiger partial charge in [0.2, 0.25) is 5.91 Å². The summed E-state index contributed by atoms with van der Waals surface area (Å²) in [5.74, 6) is 1.52. The van der Waals surface area contributed by atoms with E-state index in [1.165, 1.54) is 5.56 Å². The minimum Gasteiger partial charge on any atom is -0.493 e. The van der Waals surface area contributed by atoms with Crippen LogP contribution in [0.2, 0.25) is 0 Å². The Hall–Kier alpha value is -1.55. The molecule has 0 bridgehead atoms. The number of ether oxygens (including phenoxy) is 1. The molecule has 1 aliphatic rings. The van der Waals surface area contributed by atoms with Crippen LogP contribution in [-0.2, 0) is 4.79 Å². The Bertz CT molecular complexity index is 446. The minimum atomic E-state index is 0.153. The van der Waals surface area contributed by atoms with Gasteiger partial charge >= 0.3 is 0 Å². The number of carbonyl (C=O) groups excluding carboxylic acids is 1. The Morgan fingerprint density at radius 2 is 2.16 bits per heavy atom. The fourth-order valence-electron chi connectivity index (χ4n) is 2.36. The summed E-state index contributed by atoms with van der Waals surface area (Å²) in [6.07, 6.45) is 0.527. The van der Waals surface area contributed by atoms with Crippen LogP contribution in [0.3, 0.4) is 0 Å². The van der Waals surface area contributed by atoms with Gasteiger partial charge in [-0.15, -0.1) is 0 Å². The highest BCUT2D eigenvalue weighted by Crippen LogP contribution is 2.34. The number of carbonyl (C=O) groups is 1. The summed E-state index contributed by atoms with van der Waals surface area (Å²) in [6.45, 7) is 3.58. The lowest BCUT2D eigenvalue weighted by Gasteiger charge is -2.32. The van der Waals surface area contributed by atoms with Gasteiger partial charge in [-0.05, 0) is 6.07 Å². The zero-order chi connectivity index (χ0) is 13.8. The van der Waals surface area contributed by atoms with Crippen molar-refractivity contribution >= 4 is 5.91 Å². The maximum absolute atomic E-state index is 11.6. The van der Waals surface area contributed by atoms with E-state index in [1.807, 2.05) is 18.2 Å². The van der Waals surface area contributed by atoms with Gasteiger partial charge < -0.3 is 15.0 Å². The fraction of sp³-hybridized carbons (Fsp3) is 0.533. The lowest BCUT2D eigenvalue weighted by atomic mass is 9.92. The lowest BCUT2D eigenvalue weighted by Crippen LogP contribution is -2.36. The molecule has 1 amide bonds. The first-order chi connectivity index (χ1) is 9.09. The number of benzene rings is 1. The first-order valence-electron chi connectivity index (χ1n) is 6.75. The lowest BCUT2D eigenvalue weighted by molar-refractivity contribution is -0.128. The molecule has 0 radical (unpaired) electrons. The highest BCUT2D eigenvalue weighted by molar-refractivity contribution is 5.75. The molecule has 1 aliphatic heterocycles. The molecule has 1 aromatic rings. The van der Waals surface area contributed by atoms with Crippen LogP contribution in [0.4, 0.5) is 0 Å². The molecule has 0 spiro atoms. The Balaban J connectivity index is 1.98. The summed E-state index contributed by atoms with van der Waals surface area (Å²) in [6, 6.07) is 8.37. The molecule has 0 aromatic heterocycles. The highest BCUT2D eigenvalue weighted by atomic mass is 16.5. The van der Waals surface area contributed by atoms with E-state index < -0.39 is 0 Å². The molecule has 4 heteroatoms. The van der Waals surface area contributed by atoms with E-state index in [0.717, 1.165) is 12.4 Å². The molecule has 0 saturated carbocycles. The quantitative estimate of drug-likeness (QED) is 0.900. The summed E-state index contributed by atoms with van der Waals surface area (Å²) >= 11 is 0. The van der Waals surface area contributed by atoms with Crippen molar-refractivity contribution in [2.24, 2.45) is 5.92 Å². The van der Waals surface area contributed by atoms with Gasteiger partial charge in [-0.2, -0.15) is 0 Å². The van der Waals surface area contributed by atoms with Crippen LogP contribution in [-0.4, -0.2) is 38.1 Å². The number of fused-ring (bicyclic) bond motifs is 1. The van der Waals surface area contributed by atoms with Crippen LogP contribution >= 0.6 is 0 Å². The zero-order valence-electron chi connectivity index (χ0n) is 11.8. The van der Waals surface area contributed by atoms with Gasteiger partial charge in [0.15, 0.2) is 0 Å². The second-order valence-corrected chi connectivity index (χ2v) is 5.30.